The molecule has 102 valence electrons. The second-order valence-corrected chi connectivity index (χ2v) is 3.94. The van der Waals surface area contributed by atoms with E-state index in [0.29, 0.717) is 18.1 Å². The number of nitrogens with zero attached hydrogens (tertiary/aromatic N) is 2. The van der Waals surface area contributed by atoms with Crippen molar-refractivity contribution in [3.63, 3.8) is 0 Å². The van der Waals surface area contributed by atoms with Gasteiger partial charge in [-0.15, -0.1) is 16.8 Å². The van der Waals surface area contributed by atoms with Crippen LogP contribution in [0.4, 0.5) is 15.9 Å². The normalized spacial score (nSPS) is 9.85. The maximum absolute atomic E-state index is 13.0. The summed E-state index contributed by atoms with van der Waals surface area (Å²) in [6.45, 7) is 3.87. The Morgan fingerprint density at radius 1 is 1.30 bits per heavy atom. The van der Waals surface area contributed by atoms with E-state index in [2.05, 4.69) is 27.4 Å². The van der Waals surface area contributed by atoms with Gasteiger partial charge in [-0.1, -0.05) is 12.1 Å². The lowest BCUT2D eigenvalue weighted by atomic mass is 10.3. The minimum atomic E-state index is -0.344. The summed E-state index contributed by atoms with van der Waals surface area (Å²) >= 11 is 0. The molecule has 1 aromatic carbocycles. The van der Waals surface area contributed by atoms with Gasteiger partial charge in [-0.25, -0.2) is 4.39 Å². The first-order valence-corrected chi connectivity index (χ1v) is 5.94. The van der Waals surface area contributed by atoms with Gasteiger partial charge in [0.1, 0.15) is 5.82 Å². The number of carbonyl (C=O) groups is 1. The fraction of sp³-hybridized carbons (Fsp3) is 0.0714. The van der Waals surface area contributed by atoms with Crippen molar-refractivity contribution in [3.8, 4) is 0 Å². The van der Waals surface area contributed by atoms with Crippen molar-refractivity contribution in [1.82, 2.24) is 15.5 Å². The maximum atomic E-state index is 13.0. The maximum Gasteiger partial charge on any atom is 0.272 e. The standard InChI is InChI=1S/C14H13FN4O/c1-2-8-16-14(20)12-6-7-13(19-18-12)17-11-5-3-4-10(15)9-11/h2-7,9H,1,8H2,(H,16,20)(H,17,19). The van der Waals surface area contributed by atoms with E-state index in [9.17, 15) is 9.18 Å². The summed E-state index contributed by atoms with van der Waals surface area (Å²) < 4.78 is 13.0. The van der Waals surface area contributed by atoms with Crippen LogP contribution in [0.15, 0.2) is 49.1 Å². The van der Waals surface area contributed by atoms with E-state index in [1.54, 1.807) is 24.3 Å². The highest BCUT2D eigenvalue weighted by Crippen LogP contribution is 2.14. The highest BCUT2D eigenvalue weighted by molar-refractivity contribution is 5.92. The third-order valence-electron chi connectivity index (χ3n) is 2.40. The smallest absolute Gasteiger partial charge is 0.272 e. The number of nitrogens with one attached hydrogen (secondary N) is 2. The Bertz CT molecular complexity index is 613. The van der Waals surface area contributed by atoms with Crippen LogP contribution in [0.5, 0.6) is 0 Å². The van der Waals surface area contributed by atoms with Crippen LogP contribution < -0.4 is 10.6 Å². The van der Waals surface area contributed by atoms with E-state index in [0.717, 1.165) is 0 Å². The number of hydrogen-bond donors (Lipinski definition) is 2. The first-order chi connectivity index (χ1) is 9.69. The van der Waals surface area contributed by atoms with Crippen LogP contribution in [0.3, 0.4) is 0 Å². The van der Waals surface area contributed by atoms with Crippen LogP contribution in [-0.4, -0.2) is 22.6 Å². The van der Waals surface area contributed by atoms with Crippen molar-refractivity contribution in [2.75, 3.05) is 11.9 Å². The summed E-state index contributed by atoms with van der Waals surface area (Å²) in [5.74, 6) is -0.242. The van der Waals surface area contributed by atoms with Gasteiger partial charge in [0.25, 0.3) is 5.91 Å². The molecule has 2 rings (SSSR count). The average molecular weight is 272 g/mol. The summed E-state index contributed by atoms with van der Waals surface area (Å²) in [6, 6.07) is 9.11. The van der Waals surface area contributed by atoms with Crippen molar-refractivity contribution in [2.24, 2.45) is 0 Å². The first kappa shape index (κ1) is 13.7. The quantitative estimate of drug-likeness (QED) is 0.819. The van der Waals surface area contributed by atoms with Crippen LogP contribution in [0, 0.1) is 5.82 Å². The third kappa shape index (κ3) is 3.61. The molecule has 1 amide bonds. The topological polar surface area (TPSA) is 66.9 Å². The Hall–Kier alpha value is -2.76. The Kier molecular flexibility index (Phi) is 4.39. The molecule has 6 heteroatoms. The van der Waals surface area contributed by atoms with Crippen molar-refractivity contribution in [1.29, 1.82) is 0 Å². The van der Waals surface area contributed by atoms with Crippen molar-refractivity contribution < 1.29 is 9.18 Å². The molecule has 0 atom stereocenters. The molecule has 20 heavy (non-hydrogen) atoms. The van der Waals surface area contributed by atoms with Crippen molar-refractivity contribution in [3.05, 3.63) is 60.6 Å². The molecule has 0 bridgehead atoms. The summed E-state index contributed by atoms with van der Waals surface area (Å²) in [5.41, 5.74) is 0.764. The molecule has 0 saturated heterocycles. The second kappa shape index (κ2) is 6.42. The molecule has 5 nitrogen and oxygen atoms in total. The van der Waals surface area contributed by atoms with Crippen molar-refractivity contribution in [2.45, 2.75) is 0 Å². The molecule has 0 aliphatic rings. The lowest BCUT2D eigenvalue weighted by Gasteiger charge is -2.05. The number of rotatable bonds is 5. The van der Waals surface area contributed by atoms with Gasteiger partial charge < -0.3 is 10.6 Å². The molecule has 0 fully saturated rings. The molecule has 0 aliphatic heterocycles. The van der Waals surface area contributed by atoms with Gasteiger partial charge in [-0.05, 0) is 30.3 Å². The van der Waals surface area contributed by atoms with E-state index in [1.165, 1.54) is 18.2 Å². The van der Waals surface area contributed by atoms with E-state index in [-0.39, 0.29) is 17.4 Å². The fourth-order valence-electron chi connectivity index (χ4n) is 1.49. The van der Waals surface area contributed by atoms with Gasteiger partial charge in [0, 0.05) is 12.2 Å². The van der Waals surface area contributed by atoms with Gasteiger partial charge in [-0.3, -0.25) is 4.79 Å². The molecule has 2 aromatic rings. The summed E-state index contributed by atoms with van der Waals surface area (Å²) in [5, 5.41) is 13.1. The number of anilines is 2. The largest absolute Gasteiger partial charge is 0.347 e. The lowest BCUT2D eigenvalue weighted by Crippen LogP contribution is -2.24. The average Bonchev–Trinajstić information content (AvgIpc) is 2.45. The predicted molar refractivity (Wildman–Crippen MR) is 74.2 cm³/mol. The predicted octanol–water partition coefficient (Wildman–Crippen LogP) is 2.28. The highest BCUT2D eigenvalue weighted by Gasteiger charge is 2.06. The van der Waals surface area contributed by atoms with E-state index in [4.69, 9.17) is 0 Å². The Balaban J connectivity index is 2.04. The van der Waals surface area contributed by atoms with Crippen LogP contribution in [-0.2, 0) is 0 Å². The van der Waals surface area contributed by atoms with Gasteiger partial charge in [0.05, 0.1) is 0 Å². The third-order valence-corrected chi connectivity index (χ3v) is 2.40. The van der Waals surface area contributed by atoms with Gasteiger partial charge in [-0.2, -0.15) is 0 Å². The molecule has 0 saturated carbocycles. The van der Waals surface area contributed by atoms with Crippen molar-refractivity contribution >= 4 is 17.4 Å². The lowest BCUT2D eigenvalue weighted by molar-refractivity contribution is 0.0952. The van der Waals surface area contributed by atoms with E-state index >= 15 is 0 Å². The molecule has 1 heterocycles. The molecule has 1 aromatic heterocycles. The monoisotopic (exact) mass is 272 g/mol. The molecule has 2 N–H and O–H groups in total. The Morgan fingerprint density at radius 3 is 2.80 bits per heavy atom. The number of amides is 1. The van der Waals surface area contributed by atoms with E-state index < -0.39 is 0 Å². The van der Waals surface area contributed by atoms with Gasteiger partial charge >= 0.3 is 0 Å². The number of benzene rings is 1. The highest BCUT2D eigenvalue weighted by atomic mass is 19.1. The Labute approximate surface area is 115 Å². The van der Waals surface area contributed by atoms with Gasteiger partial charge in [0.2, 0.25) is 0 Å². The van der Waals surface area contributed by atoms with Crippen LogP contribution >= 0.6 is 0 Å². The fourth-order valence-corrected chi connectivity index (χ4v) is 1.49. The zero-order valence-electron chi connectivity index (χ0n) is 10.6. The number of halogens is 1. The number of aromatic nitrogens is 2. The van der Waals surface area contributed by atoms with Crippen LogP contribution in [0.25, 0.3) is 0 Å². The minimum Gasteiger partial charge on any atom is -0.347 e. The zero-order valence-corrected chi connectivity index (χ0v) is 10.6. The molecular formula is C14H13FN4O. The summed E-state index contributed by atoms with van der Waals surface area (Å²) in [7, 11) is 0. The molecular weight excluding hydrogens is 259 g/mol. The van der Waals surface area contributed by atoms with Crippen LogP contribution in [0.2, 0.25) is 0 Å². The zero-order chi connectivity index (χ0) is 14.4. The number of carbonyl (C=O) groups excluding carboxylic acids is 1. The summed E-state index contributed by atoms with van der Waals surface area (Å²) in [6.07, 6.45) is 1.57. The molecule has 0 radical (unpaired) electrons. The van der Waals surface area contributed by atoms with E-state index in [1.807, 2.05) is 0 Å². The molecule has 0 spiro atoms. The molecule has 0 unspecified atom stereocenters. The second-order valence-electron chi connectivity index (χ2n) is 3.94. The van der Waals surface area contributed by atoms with Gasteiger partial charge in [0.15, 0.2) is 11.5 Å². The number of hydrogen-bond acceptors (Lipinski definition) is 4. The minimum absolute atomic E-state index is 0.205. The first-order valence-electron chi connectivity index (χ1n) is 5.94. The Morgan fingerprint density at radius 2 is 2.15 bits per heavy atom. The summed E-state index contributed by atoms with van der Waals surface area (Å²) in [4.78, 5) is 11.6. The van der Waals surface area contributed by atoms with Crippen LogP contribution in [0.1, 0.15) is 10.5 Å². The SMILES string of the molecule is C=CCNC(=O)c1ccc(Nc2cccc(F)c2)nn1. The molecule has 0 aliphatic carbocycles.